The lowest BCUT2D eigenvalue weighted by Crippen LogP contribution is -2.27. The van der Waals surface area contributed by atoms with E-state index in [2.05, 4.69) is 0 Å². The lowest BCUT2D eigenvalue weighted by Gasteiger charge is -2.21. The maximum absolute atomic E-state index is 11.3. The molecule has 0 heterocycles. The topological polar surface area (TPSA) is 43.4 Å². The third-order valence-electron chi connectivity index (χ3n) is 1.93. The Balaban J connectivity index is 4.05. The van der Waals surface area contributed by atoms with Gasteiger partial charge in [-0.2, -0.15) is 0 Å². The van der Waals surface area contributed by atoms with Gasteiger partial charge in [0.1, 0.15) is 5.78 Å². The highest BCUT2D eigenvalue weighted by molar-refractivity contribution is 5.79. The first-order chi connectivity index (χ1) is 5.90. The molecule has 0 aromatic carbocycles. The number of rotatable bonds is 5. The predicted molar refractivity (Wildman–Crippen MR) is 50.3 cm³/mol. The van der Waals surface area contributed by atoms with Crippen LogP contribution >= 0.6 is 0 Å². The van der Waals surface area contributed by atoms with Crippen LogP contribution in [0.5, 0.6) is 0 Å². The van der Waals surface area contributed by atoms with Crippen LogP contribution in [0.2, 0.25) is 0 Å². The number of esters is 1. The molecule has 0 aromatic rings. The molecule has 0 amide bonds. The molecule has 0 bridgehead atoms. The van der Waals surface area contributed by atoms with Gasteiger partial charge in [0.2, 0.25) is 0 Å². The Morgan fingerprint density at radius 1 is 1.31 bits per heavy atom. The number of carbonyl (C=O) groups is 2. The highest BCUT2D eigenvalue weighted by Crippen LogP contribution is 2.24. The fourth-order valence-electron chi connectivity index (χ4n) is 0.917. The molecule has 0 rings (SSSR count). The Hall–Kier alpha value is -0.860. The molecule has 0 spiro atoms. The van der Waals surface area contributed by atoms with Crippen LogP contribution in [-0.4, -0.2) is 18.4 Å². The van der Waals surface area contributed by atoms with Gasteiger partial charge in [-0.3, -0.25) is 4.79 Å². The zero-order valence-electron chi connectivity index (χ0n) is 8.85. The number of hydrogen-bond donors (Lipinski definition) is 0. The van der Waals surface area contributed by atoms with E-state index in [4.69, 9.17) is 4.74 Å². The SMILES string of the molecule is CCOC(=O)C(C)(C)CCC(C)=O. The minimum absolute atomic E-state index is 0.109. The van der Waals surface area contributed by atoms with Gasteiger partial charge in [-0.05, 0) is 34.1 Å². The summed E-state index contributed by atoms with van der Waals surface area (Å²) in [5.41, 5.74) is -0.540. The summed E-state index contributed by atoms with van der Waals surface area (Å²) in [4.78, 5) is 22.1. The molecule has 0 saturated heterocycles. The minimum Gasteiger partial charge on any atom is -0.466 e. The zero-order valence-corrected chi connectivity index (χ0v) is 8.85. The molecular formula is C10H18O3. The van der Waals surface area contributed by atoms with E-state index in [1.54, 1.807) is 20.8 Å². The van der Waals surface area contributed by atoms with Crippen LogP contribution in [0.25, 0.3) is 0 Å². The second kappa shape index (κ2) is 5.00. The van der Waals surface area contributed by atoms with Gasteiger partial charge in [-0.25, -0.2) is 0 Å². The van der Waals surface area contributed by atoms with Crippen molar-refractivity contribution in [3.8, 4) is 0 Å². The molecule has 0 aliphatic rings. The molecular weight excluding hydrogens is 168 g/mol. The molecule has 0 aromatic heterocycles. The van der Waals surface area contributed by atoms with Gasteiger partial charge in [0.05, 0.1) is 12.0 Å². The van der Waals surface area contributed by atoms with E-state index in [0.717, 1.165) is 0 Å². The van der Waals surface area contributed by atoms with Crippen molar-refractivity contribution in [2.75, 3.05) is 6.61 Å². The molecule has 3 heteroatoms. The average molecular weight is 186 g/mol. The molecule has 0 saturated carbocycles. The molecule has 3 nitrogen and oxygen atoms in total. The third-order valence-corrected chi connectivity index (χ3v) is 1.93. The third kappa shape index (κ3) is 4.65. The van der Waals surface area contributed by atoms with Gasteiger partial charge in [0.25, 0.3) is 0 Å². The van der Waals surface area contributed by atoms with Crippen LogP contribution in [0, 0.1) is 5.41 Å². The summed E-state index contributed by atoms with van der Waals surface area (Å²) >= 11 is 0. The van der Waals surface area contributed by atoms with Gasteiger partial charge in [-0.15, -0.1) is 0 Å². The Labute approximate surface area is 79.5 Å². The van der Waals surface area contributed by atoms with E-state index >= 15 is 0 Å². The number of Topliss-reactive ketones (excluding diaryl/α,β-unsaturated/α-hetero) is 1. The lowest BCUT2D eigenvalue weighted by atomic mass is 9.87. The lowest BCUT2D eigenvalue weighted by molar-refractivity contribution is -0.153. The first-order valence-electron chi connectivity index (χ1n) is 4.57. The van der Waals surface area contributed by atoms with Crippen molar-refractivity contribution < 1.29 is 14.3 Å². The van der Waals surface area contributed by atoms with Crippen LogP contribution < -0.4 is 0 Å². The van der Waals surface area contributed by atoms with E-state index in [1.807, 2.05) is 0 Å². The van der Waals surface area contributed by atoms with E-state index in [1.165, 1.54) is 6.92 Å². The van der Waals surface area contributed by atoms with Crippen LogP contribution in [0.3, 0.4) is 0 Å². The Kier molecular flexibility index (Phi) is 4.67. The van der Waals surface area contributed by atoms with Crippen LogP contribution in [0.4, 0.5) is 0 Å². The van der Waals surface area contributed by atoms with Crippen molar-refractivity contribution in [1.82, 2.24) is 0 Å². The summed E-state index contributed by atoms with van der Waals surface area (Å²) in [6, 6.07) is 0. The van der Waals surface area contributed by atoms with Crippen LogP contribution in [0.15, 0.2) is 0 Å². The number of carbonyl (C=O) groups excluding carboxylic acids is 2. The standard InChI is InChI=1S/C10H18O3/c1-5-13-9(12)10(3,4)7-6-8(2)11/h5-7H2,1-4H3. The van der Waals surface area contributed by atoms with Crippen molar-refractivity contribution in [1.29, 1.82) is 0 Å². The van der Waals surface area contributed by atoms with E-state index in [-0.39, 0.29) is 11.8 Å². The highest BCUT2D eigenvalue weighted by atomic mass is 16.5. The molecule has 0 aliphatic carbocycles. The van der Waals surface area contributed by atoms with Crippen molar-refractivity contribution in [2.24, 2.45) is 5.41 Å². The number of hydrogen-bond acceptors (Lipinski definition) is 3. The first-order valence-corrected chi connectivity index (χ1v) is 4.57. The molecule has 13 heavy (non-hydrogen) atoms. The zero-order chi connectivity index (χ0) is 10.5. The van der Waals surface area contributed by atoms with E-state index in [9.17, 15) is 9.59 Å². The van der Waals surface area contributed by atoms with Crippen molar-refractivity contribution >= 4 is 11.8 Å². The predicted octanol–water partition coefficient (Wildman–Crippen LogP) is 1.94. The largest absolute Gasteiger partial charge is 0.466 e. The number of ketones is 1. The summed E-state index contributed by atoms with van der Waals surface area (Å²) < 4.78 is 4.89. The van der Waals surface area contributed by atoms with Crippen molar-refractivity contribution in [3.05, 3.63) is 0 Å². The van der Waals surface area contributed by atoms with Crippen molar-refractivity contribution in [3.63, 3.8) is 0 Å². The van der Waals surface area contributed by atoms with Crippen LogP contribution in [0.1, 0.15) is 40.5 Å². The van der Waals surface area contributed by atoms with Gasteiger partial charge in [0.15, 0.2) is 0 Å². The normalized spacial score (nSPS) is 11.1. The number of ether oxygens (including phenoxy) is 1. The molecule has 76 valence electrons. The Bertz CT molecular complexity index is 194. The minimum atomic E-state index is -0.540. The van der Waals surface area contributed by atoms with E-state index < -0.39 is 5.41 Å². The monoisotopic (exact) mass is 186 g/mol. The summed E-state index contributed by atoms with van der Waals surface area (Å²) in [6.07, 6.45) is 0.993. The molecule has 0 aliphatic heterocycles. The highest BCUT2D eigenvalue weighted by Gasteiger charge is 2.28. The fraction of sp³-hybridized carbons (Fsp3) is 0.800. The average Bonchev–Trinajstić information content (AvgIpc) is 2.01. The van der Waals surface area contributed by atoms with Gasteiger partial charge < -0.3 is 9.53 Å². The van der Waals surface area contributed by atoms with Gasteiger partial charge in [-0.1, -0.05) is 0 Å². The molecule has 0 radical (unpaired) electrons. The molecule has 0 fully saturated rings. The molecule has 0 atom stereocenters. The maximum atomic E-state index is 11.3. The quantitative estimate of drug-likeness (QED) is 0.616. The fourth-order valence-corrected chi connectivity index (χ4v) is 0.917. The smallest absolute Gasteiger partial charge is 0.311 e. The van der Waals surface area contributed by atoms with Gasteiger partial charge >= 0.3 is 5.97 Å². The van der Waals surface area contributed by atoms with Crippen molar-refractivity contribution in [2.45, 2.75) is 40.5 Å². The Morgan fingerprint density at radius 3 is 2.23 bits per heavy atom. The molecule has 0 N–H and O–H groups in total. The maximum Gasteiger partial charge on any atom is 0.311 e. The van der Waals surface area contributed by atoms with Crippen LogP contribution in [-0.2, 0) is 14.3 Å². The second-order valence-corrected chi connectivity index (χ2v) is 3.81. The van der Waals surface area contributed by atoms with E-state index in [0.29, 0.717) is 19.4 Å². The summed E-state index contributed by atoms with van der Waals surface area (Å²) in [6.45, 7) is 7.30. The first kappa shape index (κ1) is 12.1. The summed E-state index contributed by atoms with van der Waals surface area (Å²) in [7, 11) is 0. The second-order valence-electron chi connectivity index (χ2n) is 3.81. The summed E-state index contributed by atoms with van der Waals surface area (Å²) in [5, 5.41) is 0. The summed E-state index contributed by atoms with van der Waals surface area (Å²) in [5.74, 6) is -0.117. The van der Waals surface area contributed by atoms with Gasteiger partial charge in [0, 0.05) is 6.42 Å². The molecule has 0 unspecified atom stereocenters. The Morgan fingerprint density at radius 2 is 1.85 bits per heavy atom.